The molecule has 0 spiro atoms. The minimum Gasteiger partial charge on any atom is -0.444 e. The zero-order valence-corrected chi connectivity index (χ0v) is 19.8. The van der Waals surface area contributed by atoms with Crippen LogP contribution < -0.4 is 0 Å². The molecule has 0 aliphatic carbocycles. The van der Waals surface area contributed by atoms with Crippen molar-refractivity contribution >= 4 is 34.5 Å². The molecular formula is C22H26ClF3N4O4. The molecule has 12 heteroatoms. The normalized spacial score (nSPS) is 19.9. The zero-order chi connectivity index (χ0) is 24.8. The Morgan fingerprint density at radius 2 is 1.88 bits per heavy atom. The molecule has 0 radical (unpaired) electrons. The largest absolute Gasteiger partial charge is 0.444 e. The molecule has 186 valence electrons. The van der Waals surface area contributed by atoms with Gasteiger partial charge in [0.15, 0.2) is 6.10 Å². The van der Waals surface area contributed by atoms with E-state index in [1.54, 1.807) is 43.9 Å². The summed E-state index contributed by atoms with van der Waals surface area (Å²) in [4.78, 5) is 27.8. The van der Waals surface area contributed by atoms with E-state index in [-0.39, 0.29) is 25.6 Å². The number of hydrogen-bond donors (Lipinski definition) is 0. The van der Waals surface area contributed by atoms with Gasteiger partial charge in [0.25, 0.3) is 0 Å². The third-order valence-electron chi connectivity index (χ3n) is 5.73. The molecule has 0 saturated carbocycles. The van der Waals surface area contributed by atoms with Crippen molar-refractivity contribution < 1.29 is 32.2 Å². The van der Waals surface area contributed by atoms with Crippen LogP contribution in [0.2, 0.25) is 5.02 Å². The quantitative estimate of drug-likeness (QED) is 0.638. The van der Waals surface area contributed by atoms with Crippen molar-refractivity contribution in [1.82, 2.24) is 19.6 Å². The van der Waals surface area contributed by atoms with E-state index in [1.807, 2.05) is 0 Å². The summed E-state index contributed by atoms with van der Waals surface area (Å²) in [6.07, 6.45) is -6.94. The highest BCUT2D eigenvalue weighted by Gasteiger charge is 2.44. The fourth-order valence-electron chi connectivity index (χ4n) is 4.03. The molecule has 1 atom stereocenters. The van der Waals surface area contributed by atoms with Crippen LogP contribution >= 0.6 is 11.6 Å². The number of hydrogen-bond acceptors (Lipinski definition) is 5. The third-order valence-corrected chi connectivity index (χ3v) is 5.97. The topological polar surface area (TPSA) is 76.9 Å². The Labute approximate surface area is 199 Å². The number of aromatic nitrogens is 2. The van der Waals surface area contributed by atoms with Crippen molar-refractivity contribution in [2.24, 2.45) is 0 Å². The summed E-state index contributed by atoms with van der Waals surface area (Å²) in [5.41, 5.74) is 0.721. The van der Waals surface area contributed by atoms with Crippen LogP contribution in [-0.4, -0.2) is 82.2 Å². The Kier molecular flexibility index (Phi) is 6.45. The van der Waals surface area contributed by atoms with E-state index in [0.29, 0.717) is 29.3 Å². The van der Waals surface area contributed by atoms with E-state index in [2.05, 4.69) is 5.10 Å². The monoisotopic (exact) mass is 502 g/mol. The van der Waals surface area contributed by atoms with Crippen molar-refractivity contribution in [1.29, 1.82) is 0 Å². The first kappa shape index (κ1) is 24.6. The molecule has 2 aromatic rings. The Bertz CT molecular complexity index is 1090. The van der Waals surface area contributed by atoms with Gasteiger partial charge in [-0.15, -0.1) is 0 Å². The van der Waals surface area contributed by atoms with Crippen LogP contribution in [0, 0.1) is 0 Å². The van der Waals surface area contributed by atoms with Crippen molar-refractivity contribution in [3.05, 3.63) is 28.9 Å². The minimum atomic E-state index is -4.54. The molecule has 0 bridgehead atoms. The smallest absolute Gasteiger partial charge is 0.416 e. The number of carbonyl (C=O) groups excluding carboxylic acids is 2. The highest BCUT2D eigenvalue weighted by atomic mass is 35.5. The maximum absolute atomic E-state index is 13.0. The van der Waals surface area contributed by atoms with Gasteiger partial charge in [-0.25, -0.2) is 4.79 Å². The number of rotatable bonds is 3. The number of amides is 2. The molecule has 0 N–H and O–H groups in total. The number of halogens is 4. The van der Waals surface area contributed by atoms with Gasteiger partial charge in [0.05, 0.1) is 24.4 Å². The maximum atomic E-state index is 13.0. The highest BCUT2D eigenvalue weighted by molar-refractivity contribution is 6.31. The van der Waals surface area contributed by atoms with Gasteiger partial charge < -0.3 is 19.3 Å². The van der Waals surface area contributed by atoms with Gasteiger partial charge in [-0.1, -0.05) is 11.6 Å². The van der Waals surface area contributed by atoms with Crippen LogP contribution in [0.1, 0.15) is 32.4 Å². The van der Waals surface area contributed by atoms with Crippen LogP contribution in [-0.2, 0) is 20.8 Å². The molecular weight excluding hydrogens is 477 g/mol. The number of carbonyl (C=O) groups is 2. The van der Waals surface area contributed by atoms with Gasteiger partial charge in [0.1, 0.15) is 12.1 Å². The zero-order valence-electron chi connectivity index (χ0n) is 19.1. The van der Waals surface area contributed by atoms with Crippen LogP contribution in [0.5, 0.6) is 0 Å². The van der Waals surface area contributed by atoms with Crippen molar-refractivity contribution in [3.63, 3.8) is 0 Å². The molecule has 2 saturated heterocycles. The summed E-state index contributed by atoms with van der Waals surface area (Å²) in [7, 11) is 0. The fourth-order valence-corrected chi connectivity index (χ4v) is 4.20. The van der Waals surface area contributed by atoms with E-state index in [1.165, 1.54) is 4.68 Å². The van der Waals surface area contributed by atoms with Gasteiger partial charge in [-0.2, -0.15) is 18.3 Å². The summed E-state index contributed by atoms with van der Waals surface area (Å²) < 4.78 is 50.8. The number of ether oxygens (including phenoxy) is 2. The lowest BCUT2D eigenvalue weighted by atomic mass is 9.94. The second-order valence-corrected chi connectivity index (χ2v) is 9.96. The molecule has 4 rings (SSSR count). The van der Waals surface area contributed by atoms with E-state index in [9.17, 15) is 22.8 Å². The summed E-state index contributed by atoms with van der Waals surface area (Å²) in [5.74, 6) is -0.560. The first-order valence-electron chi connectivity index (χ1n) is 10.9. The summed E-state index contributed by atoms with van der Waals surface area (Å²) in [6, 6.07) is 5.13. The Balaban J connectivity index is 1.50. The maximum Gasteiger partial charge on any atom is 0.416 e. The molecule has 2 aliphatic heterocycles. The van der Waals surface area contributed by atoms with Gasteiger partial charge >= 0.3 is 12.3 Å². The van der Waals surface area contributed by atoms with Crippen LogP contribution in [0.4, 0.5) is 18.0 Å². The van der Waals surface area contributed by atoms with Gasteiger partial charge in [0.2, 0.25) is 5.91 Å². The first-order valence-corrected chi connectivity index (χ1v) is 11.3. The number of fused-ring (bicyclic) bond motifs is 1. The van der Waals surface area contributed by atoms with Crippen molar-refractivity contribution in [3.8, 4) is 0 Å². The predicted molar refractivity (Wildman–Crippen MR) is 118 cm³/mol. The average Bonchev–Trinajstić information content (AvgIpc) is 3.02. The number of morpholine rings is 1. The Morgan fingerprint density at radius 3 is 2.53 bits per heavy atom. The van der Waals surface area contributed by atoms with Crippen LogP contribution in [0.25, 0.3) is 10.9 Å². The third kappa shape index (κ3) is 5.25. The number of benzene rings is 1. The predicted octanol–water partition coefficient (Wildman–Crippen LogP) is 3.81. The van der Waals surface area contributed by atoms with E-state index >= 15 is 0 Å². The van der Waals surface area contributed by atoms with E-state index in [4.69, 9.17) is 21.1 Å². The molecule has 2 amide bonds. The second kappa shape index (κ2) is 8.92. The summed E-state index contributed by atoms with van der Waals surface area (Å²) in [5, 5.41) is 5.83. The lowest BCUT2D eigenvalue weighted by Crippen LogP contribution is -2.51. The van der Waals surface area contributed by atoms with Gasteiger partial charge in [0, 0.05) is 36.0 Å². The van der Waals surface area contributed by atoms with Crippen molar-refractivity contribution in [2.45, 2.75) is 51.1 Å². The second-order valence-electron chi connectivity index (χ2n) is 9.53. The van der Waals surface area contributed by atoms with E-state index in [0.717, 1.165) is 10.3 Å². The van der Waals surface area contributed by atoms with Crippen LogP contribution in [0.15, 0.2) is 18.2 Å². The highest BCUT2D eigenvalue weighted by Crippen LogP contribution is 2.34. The molecule has 1 aromatic heterocycles. The first-order chi connectivity index (χ1) is 15.8. The van der Waals surface area contributed by atoms with Gasteiger partial charge in [-0.05, 0) is 39.0 Å². The molecule has 8 nitrogen and oxygen atoms in total. The molecule has 2 aliphatic rings. The minimum absolute atomic E-state index is 0.0801. The molecule has 2 fully saturated rings. The van der Waals surface area contributed by atoms with Gasteiger partial charge in [-0.3, -0.25) is 9.48 Å². The van der Waals surface area contributed by atoms with Crippen molar-refractivity contribution in [2.75, 3.05) is 32.8 Å². The lowest BCUT2D eigenvalue weighted by Gasteiger charge is -2.39. The number of alkyl halides is 3. The average molecular weight is 503 g/mol. The Hall–Kier alpha value is -2.53. The number of likely N-dealkylation sites (tertiary alicyclic amines) is 1. The standard InChI is InChI=1S/C22H26ClF3N4O4/c1-21(2,3)34-20(32)29-9-13(10-29)19-15-8-14(23)4-5-16(15)30(27-19)12-18(31)28-6-7-33-17(11-28)22(24,25)26/h4-5,8,13,17H,6-7,9-12H2,1-3H3/t17-/m1/s1. The van der Waals surface area contributed by atoms with Crippen LogP contribution in [0.3, 0.4) is 0 Å². The SMILES string of the molecule is CC(C)(C)OC(=O)N1CC(c2nn(CC(=O)N3CCO[C@@H](C(F)(F)F)C3)c3ccc(Cl)cc23)C1. The Morgan fingerprint density at radius 1 is 1.18 bits per heavy atom. The number of nitrogens with zero attached hydrogens (tertiary/aromatic N) is 4. The van der Waals surface area contributed by atoms with E-state index < -0.39 is 36.4 Å². The molecule has 1 aromatic carbocycles. The summed E-state index contributed by atoms with van der Waals surface area (Å²) >= 11 is 6.19. The lowest BCUT2D eigenvalue weighted by molar-refractivity contribution is -0.236. The molecule has 3 heterocycles. The fraction of sp³-hybridized carbons (Fsp3) is 0.591. The summed E-state index contributed by atoms with van der Waals surface area (Å²) in [6.45, 7) is 5.32. The molecule has 0 unspecified atom stereocenters. The molecule has 34 heavy (non-hydrogen) atoms.